The number of benzene rings is 4. The molecule has 4 aromatic carbocycles. The number of hydrogen-bond donors (Lipinski definition) is 1. The van der Waals surface area contributed by atoms with Crippen LogP contribution in [-0.2, 0) is 17.8 Å². The minimum Gasteiger partial charge on any atom is -0.490 e. The molecule has 4 aromatic rings. The van der Waals surface area contributed by atoms with Crippen molar-refractivity contribution >= 4 is 54.8 Å². The Labute approximate surface area is 221 Å². The van der Waals surface area contributed by atoms with E-state index in [9.17, 15) is 4.79 Å². The molecule has 4 rings (SSSR count). The number of carbonyl (C=O) groups is 1. The quantitative estimate of drug-likeness (QED) is 0.167. The maximum absolute atomic E-state index is 12.2. The Morgan fingerprint density at radius 1 is 0.971 bits per heavy atom. The van der Waals surface area contributed by atoms with Crippen molar-refractivity contribution in [1.29, 1.82) is 0 Å². The molecule has 0 aliphatic rings. The second kappa shape index (κ2) is 12.0. The van der Waals surface area contributed by atoms with Gasteiger partial charge in [0.1, 0.15) is 6.61 Å². The summed E-state index contributed by atoms with van der Waals surface area (Å²) < 4.78 is 13.8. The maximum atomic E-state index is 12.2. The van der Waals surface area contributed by atoms with E-state index in [1.54, 1.807) is 6.21 Å². The average molecular weight is 596 g/mol. The van der Waals surface area contributed by atoms with Crippen LogP contribution in [0.3, 0.4) is 0 Å². The summed E-state index contributed by atoms with van der Waals surface area (Å²) in [6.45, 7) is 2.81. The smallest absolute Gasteiger partial charge is 0.244 e. The molecule has 0 unspecified atom stereocenters. The van der Waals surface area contributed by atoms with Crippen LogP contribution < -0.4 is 14.9 Å². The van der Waals surface area contributed by atoms with Crippen LogP contribution in [0.25, 0.3) is 10.8 Å². The van der Waals surface area contributed by atoms with Gasteiger partial charge in [-0.2, -0.15) is 5.10 Å². The zero-order valence-corrected chi connectivity index (χ0v) is 22.3. The summed E-state index contributed by atoms with van der Waals surface area (Å²) in [5.41, 5.74) is 5.35. The molecule has 5 nitrogen and oxygen atoms in total. The van der Waals surface area contributed by atoms with Gasteiger partial charge in [-0.15, -0.1) is 0 Å². The molecule has 35 heavy (non-hydrogen) atoms. The third-order valence-electron chi connectivity index (χ3n) is 5.26. The Kier molecular flexibility index (Phi) is 8.55. The van der Waals surface area contributed by atoms with Gasteiger partial charge < -0.3 is 9.47 Å². The van der Waals surface area contributed by atoms with Crippen LogP contribution in [0.15, 0.2) is 92.9 Å². The maximum Gasteiger partial charge on any atom is 0.244 e. The zero-order chi connectivity index (χ0) is 24.6. The molecule has 0 spiro atoms. The van der Waals surface area contributed by atoms with Crippen molar-refractivity contribution in [2.75, 3.05) is 6.61 Å². The number of nitrogens with one attached hydrogen (secondary N) is 1. The zero-order valence-electron chi connectivity index (χ0n) is 19.1. The highest BCUT2D eigenvalue weighted by atomic mass is 79.9. The first-order valence-corrected chi connectivity index (χ1v) is 12.7. The summed E-state index contributed by atoms with van der Waals surface area (Å²) in [7, 11) is 0. The number of amides is 1. The van der Waals surface area contributed by atoms with Crippen LogP contribution in [0.5, 0.6) is 11.5 Å². The first-order chi connectivity index (χ1) is 17.0. The second-order valence-corrected chi connectivity index (χ2v) is 9.56. The topological polar surface area (TPSA) is 59.9 Å². The minimum absolute atomic E-state index is 0.192. The lowest BCUT2D eigenvalue weighted by atomic mass is 10.1. The molecule has 0 aliphatic heterocycles. The van der Waals surface area contributed by atoms with Gasteiger partial charge >= 0.3 is 0 Å². The fourth-order valence-electron chi connectivity index (χ4n) is 3.64. The van der Waals surface area contributed by atoms with Crippen molar-refractivity contribution in [2.24, 2.45) is 5.10 Å². The third-order valence-corrected chi connectivity index (χ3v) is 6.38. The third kappa shape index (κ3) is 6.71. The van der Waals surface area contributed by atoms with Crippen molar-refractivity contribution in [1.82, 2.24) is 5.43 Å². The van der Waals surface area contributed by atoms with Gasteiger partial charge in [0.05, 0.1) is 23.7 Å². The van der Waals surface area contributed by atoms with Crippen LogP contribution in [-0.4, -0.2) is 18.7 Å². The predicted molar refractivity (Wildman–Crippen MR) is 147 cm³/mol. The fourth-order valence-corrected chi connectivity index (χ4v) is 4.48. The van der Waals surface area contributed by atoms with E-state index >= 15 is 0 Å². The highest BCUT2D eigenvalue weighted by Crippen LogP contribution is 2.37. The number of rotatable bonds is 9. The number of hydrazone groups is 1. The molecule has 0 bridgehead atoms. The first kappa shape index (κ1) is 24.9. The molecule has 7 heteroatoms. The largest absolute Gasteiger partial charge is 0.490 e. The molecule has 0 heterocycles. The Balaban J connectivity index is 1.45. The second-order valence-electron chi connectivity index (χ2n) is 7.79. The number of nitrogens with zero attached hydrogens (tertiary/aromatic N) is 1. The molecule has 0 aromatic heterocycles. The van der Waals surface area contributed by atoms with Crippen molar-refractivity contribution in [3.05, 3.63) is 104 Å². The SMILES string of the molecule is CCOc1cc(/C=N\NC(=O)Cc2ccc(Br)cc2)cc(Br)c1OCc1cccc2ccccc12. The van der Waals surface area contributed by atoms with Gasteiger partial charge in [-0.05, 0) is 74.6 Å². The first-order valence-electron chi connectivity index (χ1n) is 11.2. The lowest BCUT2D eigenvalue weighted by Crippen LogP contribution is -2.19. The van der Waals surface area contributed by atoms with Crippen molar-refractivity contribution in [3.63, 3.8) is 0 Å². The standard InChI is InChI=1S/C28H24Br2N2O3/c1-2-34-26-15-20(17-31-32-27(33)16-19-10-12-23(29)13-11-19)14-25(30)28(26)35-18-22-8-5-7-21-6-3-4-9-24(21)22/h3-15,17H,2,16,18H2,1H3,(H,32,33)/b31-17-. The molecular weight excluding hydrogens is 572 g/mol. The number of carbonyl (C=O) groups excluding carboxylic acids is 1. The summed E-state index contributed by atoms with van der Waals surface area (Å²) in [6, 6.07) is 25.8. The summed E-state index contributed by atoms with van der Waals surface area (Å²) in [4.78, 5) is 12.2. The van der Waals surface area contributed by atoms with Gasteiger partial charge in [0.2, 0.25) is 5.91 Å². The monoisotopic (exact) mass is 594 g/mol. The van der Waals surface area contributed by atoms with Gasteiger partial charge in [-0.3, -0.25) is 4.79 Å². The van der Waals surface area contributed by atoms with E-state index in [1.807, 2.05) is 61.5 Å². The van der Waals surface area contributed by atoms with E-state index in [4.69, 9.17) is 9.47 Å². The Bertz CT molecular complexity index is 1350. The van der Waals surface area contributed by atoms with Crippen molar-refractivity contribution < 1.29 is 14.3 Å². The molecule has 0 radical (unpaired) electrons. The molecule has 0 aliphatic carbocycles. The highest BCUT2D eigenvalue weighted by Gasteiger charge is 2.13. The van der Waals surface area contributed by atoms with Crippen LogP contribution in [0.1, 0.15) is 23.6 Å². The molecule has 0 atom stereocenters. The van der Waals surface area contributed by atoms with Crippen LogP contribution in [0.2, 0.25) is 0 Å². The van der Waals surface area contributed by atoms with Crippen LogP contribution >= 0.6 is 31.9 Å². The van der Waals surface area contributed by atoms with Crippen LogP contribution in [0.4, 0.5) is 0 Å². The van der Waals surface area contributed by atoms with Gasteiger partial charge in [-0.25, -0.2) is 5.43 Å². The molecule has 0 saturated heterocycles. The lowest BCUT2D eigenvalue weighted by Gasteiger charge is -2.15. The normalized spacial score (nSPS) is 11.1. The molecular formula is C28H24Br2N2O3. The van der Waals surface area contributed by atoms with Gasteiger partial charge in [0, 0.05) is 4.47 Å². The molecule has 0 fully saturated rings. The summed E-state index contributed by atoms with van der Waals surface area (Å²) in [6.07, 6.45) is 1.83. The van der Waals surface area contributed by atoms with E-state index < -0.39 is 0 Å². The van der Waals surface area contributed by atoms with Gasteiger partial charge in [-0.1, -0.05) is 70.5 Å². The minimum atomic E-state index is -0.192. The number of fused-ring (bicyclic) bond motifs is 1. The Morgan fingerprint density at radius 2 is 1.74 bits per heavy atom. The highest BCUT2D eigenvalue weighted by molar-refractivity contribution is 9.10. The molecule has 1 amide bonds. The van der Waals surface area contributed by atoms with Gasteiger partial charge in [0.25, 0.3) is 0 Å². The summed E-state index contributed by atoms with van der Waals surface area (Å²) in [5, 5.41) is 6.44. The van der Waals surface area contributed by atoms with Crippen molar-refractivity contribution in [2.45, 2.75) is 20.0 Å². The number of hydrogen-bond acceptors (Lipinski definition) is 4. The summed E-state index contributed by atoms with van der Waals surface area (Å²) >= 11 is 7.00. The predicted octanol–water partition coefficient (Wildman–Crippen LogP) is 7.04. The van der Waals surface area contributed by atoms with Crippen LogP contribution in [0, 0.1) is 0 Å². The van der Waals surface area contributed by atoms with E-state index in [1.165, 1.54) is 5.39 Å². The van der Waals surface area contributed by atoms with Crippen molar-refractivity contribution in [3.8, 4) is 11.5 Å². The van der Waals surface area contributed by atoms with E-state index in [-0.39, 0.29) is 12.3 Å². The Morgan fingerprint density at radius 3 is 2.54 bits per heavy atom. The number of halogens is 2. The lowest BCUT2D eigenvalue weighted by molar-refractivity contribution is -0.120. The summed E-state index contributed by atoms with van der Waals surface area (Å²) in [5.74, 6) is 1.03. The van der Waals surface area contributed by atoms with E-state index in [0.717, 1.165) is 31.0 Å². The molecule has 178 valence electrons. The number of ether oxygens (including phenoxy) is 2. The van der Waals surface area contributed by atoms with Gasteiger partial charge in [0.15, 0.2) is 11.5 Å². The fraction of sp³-hybridized carbons (Fsp3) is 0.143. The Hall–Kier alpha value is -3.16. The average Bonchev–Trinajstić information content (AvgIpc) is 2.85. The van der Waals surface area contributed by atoms with E-state index in [2.05, 4.69) is 66.7 Å². The molecule has 1 N–H and O–H groups in total. The van der Waals surface area contributed by atoms with E-state index in [0.29, 0.717) is 24.7 Å². The molecule has 0 saturated carbocycles.